The van der Waals surface area contributed by atoms with Crippen LogP contribution in [0.5, 0.6) is 0 Å². The van der Waals surface area contributed by atoms with Crippen LogP contribution in [-0.4, -0.2) is 30.9 Å². The number of rotatable bonds is 5. The SMILES string of the molecule is CC(C)c1ccccc1-c1ncc2c(n1)N([C@H](C)c1ccc(-n3nccn3)cc1)C(=O)C2. The van der Waals surface area contributed by atoms with E-state index in [9.17, 15) is 4.79 Å². The first-order chi connectivity index (χ1) is 15.5. The molecule has 160 valence electrons. The molecule has 0 radical (unpaired) electrons. The summed E-state index contributed by atoms with van der Waals surface area (Å²) in [6.07, 6.45) is 5.41. The van der Waals surface area contributed by atoms with Gasteiger partial charge in [0.1, 0.15) is 5.82 Å². The third-order valence-electron chi connectivity index (χ3n) is 5.92. The van der Waals surface area contributed by atoms with E-state index in [4.69, 9.17) is 4.98 Å². The summed E-state index contributed by atoms with van der Waals surface area (Å²) in [5.74, 6) is 1.74. The zero-order valence-electron chi connectivity index (χ0n) is 18.3. The van der Waals surface area contributed by atoms with Crippen molar-refractivity contribution in [1.82, 2.24) is 25.0 Å². The van der Waals surface area contributed by atoms with Crippen LogP contribution in [0, 0.1) is 0 Å². The van der Waals surface area contributed by atoms with Crippen molar-refractivity contribution in [2.45, 2.75) is 39.2 Å². The van der Waals surface area contributed by atoms with Crippen LogP contribution < -0.4 is 4.90 Å². The summed E-state index contributed by atoms with van der Waals surface area (Å²) < 4.78 is 0. The Labute approximate surface area is 186 Å². The monoisotopic (exact) mass is 424 g/mol. The minimum Gasteiger partial charge on any atom is -0.289 e. The first-order valence-corrected chi connectivity index (χ1v) is 10.8. The van der Waals surface area contributed by atoms with Crippen LogP contribution in [0.1, 0.15) is 49.4 Å². The number of carbonyl (C=O) groups is 1. The van der Waals surface area contributed by atoms with E-state index >= 15 is 0 Å². The lowest BCUT2D eigenvalue weighted by Gasteiger charge is -2.25. The zero-order valence-corrected chi connectivity index (χ0v) is 18.3. The molecule has 0 aliphatic carbocycles. The van der Waals surface area contributed by atoms with E-state index in [1.165, 1.54) is 5.56 Å². The van der Waals surface area contributed by atoms with Crippen molar-refractivity contribution in [3.63, 3.8) is 0 Å². The highest BCUT2D eigenvalue weighted by Crippen LogP contribution is 2.36. The van der Waals surface area contributed by atoms with Crippen LogP contribution in [0.15, 0.2) is 67.1 Å². The van der Waals surface area contributed by atoms with Crippen molar-refractivity contribution in [3.8, 4) is 17.1 Å². The van der Waals surface area contributed by atoms with Crippen LogP contribution in [0.4, 0.5) is 5.82 Å². The van der Waals surface area contributed by atoms with Gasteiger partial charge in [0.15, 0.2) is 5.82 Å². The third kappa shape index (κ3) is 3.45. The topological polar surface area (TPSA) is 76.8 Å². The maximum atomic E-state index is 13.0. The maximum absolute atomic E-state index is 13.0. The fourth-order valence-corrected chi connectivity index (χ4v) is 4.21. The minimum atomic E-state index is -0.161. The van der Waals surface area contributed by atoms with E-state index in [0.29, 0.717) is 24.0 Å². The van der Waals surface area contributed by atoms with Crippen molar-refractivity contribution in [1.29, 1.82) is 0 Å². The molecule has 2 aromatic heterocycles. The van der Waals surface area contributed by atoms with Crippen molar-refractivity contribution in [2.75, 3.05) is 4.90 Å². The summed E-state index contributed by atoms with van der Waals surface area (Å²) in [7, 11) is 0. The molecule has 2 aromatic carbocycles. The van der Waals surface area contributed by atoms with Crippen molar-refractivity contribution < 1.29 is 4.79 Å². The molecular weight excluding hydrogens is 400 g/mol. The van der Waals surface area contributed by atoms with E-state index in [0.717, 1.165) is 22.4 Å². The molecule has 0 spiro atoms. The van der Waals surface area contributed by atoms with Crippen LogP contribution in [-0.2, 0) is 11.2 Å². The van der Waals surface area contributed by atoms with Gasteiger partial charge in [-0.25, -0.2) is 9.97 Å². The molecule has 3 heterocycles. The average molecular weight is 425 g/mol. The van der Waals surface area contributed by atoms with E-state index in [-0.39, 0.29) is 11.9 Å². The normalized spacial score (nSPS) is 14.1. The molecule has 4 aromatic rings. The molecule has 5 rings (SSSR count). The summed E-state index contributed by atoms with van der Waals surface area (Å²) in [5, 5.41) is 8.32. The molecular formula is C25H24N6O. The number of anilines is 1. The molecule has 1 atom stereocenters. The Balaban J connectivity index is 1.50. The molecule has 1 aliphatic heterocycles. The molecule has 1 aliphatic rings. The molecule has 0 unspecified atom stereocenters. The first-order valence-electron chi connectivity index (χ1n) is 10.8. The number of carbonyl (C=O) groups excluding carboxylic acids is 1. The van der Waals surface area contributed by atoms with Gasteiger partial charge in [-0.2, -0.15) is 15.0 Å². The van der Waals surface area contributed by atoms with Crippen LogP contribution >= 0.6 is 0 Å². The van der Waals surface area contributed by atoms with E-state index < -0.39 is 0 Å². The lowest BCUT2D eigenvalue weighted by molar-refractivity contribution is -0.117. The highest BCUT2D eigenvalue weighted by atomic mass is 16.2. The summed E-state index contributed by atoms with van der Waals surface area (Å²) >= 11 is 0. The molecule has 32 heavy (non-hydrogen) atoms. The zero-order chi connectivity index (χ0) is 22.2. The summed E-state index contributed by atoms with van der Waals surface area (Å²) in [4.78, 5) is 25.8. The Morgan fingerprint density at radius 1 is 0.938 bits per heavy atom. The number of fused-ring (bicyclic) bond motifs is 1. The van der Waals surface area contributed by atoms with Gasteiger partial charge in [-0.3, -0.25) is 9.69 Å². The molecule has 0 N–H and O–H groups in total. The fraction of sp³-hybridized carbons (Fsp3) is 0.240. The van der Waals surface area contributed by atoms with E-state index in [1.807, 2.05) is 49.4 Å². The number of nitrogens with zero attached hydrogens (tertiary/aromatic N) is 6. The predicted molar refractivity (Wildman–Crippen MR) is 123 cm³/mol. The lowest BCUT2D eigenvalue weighted by atomic mass is 9.97. The van der Waals surface area contributed by atoms with Crippen LogP contribution in [0.3, 0.4) is 0 Å². The predicted octanol–water partition coefficient (Wildman–Crippen LogP) is 4.50. The summed E-state index contributed by atoms with van der Waals surface area (Å²) in [6.45, 7) is 6.34. The molecule has 0 saturated carbocycles. The number of amides is 1. The van der Waals surface area contributed by atoms with Gasteiger partial charge in [0.2, 0.25) is 5.91 Å². The van der Waals surface area contributed by atoms with Crippen molar-refractivity contribution in [2.24, 2.45) is 0 Å². The summed E-state index contributed by atoms with van der Waals surface area (Å²) in [5.41, 5.74) is 4.95. The molecule has 0 bridgehead atoms. The van der Waals surface area contributed by atoms with Crippen molar-refractivity contribution in [3.05, 3.63) is 83.8 Å². The summed E-state index contributed by atoms with van der Waals surface area (Å²) in [6, 6.07) is 15.9. The second kappa shape index (κ2) is 8.00. The quantitative estimate of drug-likeness (QED) is 0.471. The van der Waals surface area contributed by atoms with Gasteiger partial charge < -0.3 is 0 Å². The Morgan fingerprint density at radius 2 is 1.66 bits per heavy atom. The second-order valence-electron chi connectivity index (χ2n) is 8.31. The number of hydrogen-bond donors (Lipinski definition) is 0. The fourth-order valence-electron chi connectivity index (χ4n) is 4.21. The average Bonchev–Trinajstić information content (AvgIpc) is 3.46. The maximum Gasteiger partial charge on any atom is 0.233 e. The van der Waals surface area contributed by atoms with Gasteiger partial charge in [-0.05, 0) is 36.1 Å². The number of benzene rings is 2. The number of aromatic nitrogens is 5. The van der Waals surface area contributed by atoms with Gasteiger partial charge in [0, 0.05) is 17.3 Å². The second-order valence-corrected chi connectivity index (χ2v) is 8.31. The first kappa shape index (κ1) is 20.1. The Morgan fingerprint density at radius 3 is 2.38 bits per heavy atom. The Bertz CT molecular complexity index is 1260. The highest BCUT2D eigenvalue weighted by molar-refractivity contribution is 6.01. The smallest absolute Gasteiger partial charge is 0.233 e. The molecule has 0 saturated heterocycles. The third-order valence-corrected chi connectivity index (χ3v) is 5.92. The van der Waals surface area contributed by atoms with Gasteiger partial charge in [0.25, 0.3) is 0 Å². The largest absolute Gasteiger partial charge is 0.289 e. The van der Waals surface area contributed by atoms with E-state index in [1.54, 1.807) is 28.3 Å². The molecule has 1 amide bonds. The Hall–Kier alpha value is -3.87. The number of hydrogen-bond acceptors (Lipinski definition) is 5. The van der Waals surface area contributed by atoms with Crippen LogP contribution in [0.2, 0.25) is 0 Å². The standard InChI is InChI=1S/C25H24N6O/c1-16(2)21-6-4-5-7-22(21)24-26-15-19-14-23(32)30(25(19)29-24)17(3)18-8-10-20(11-9-18)31-27-12-13-28-31/h4-13,15-17H,14H2,1-3H3/t17-/m1/s1. The van der Waals surface area contributed by atoms with E-state index in [2.05, 4.69) is 35.1 Å². The van der Waals surface area contributed by atoms with Crippen molar-refractivity contribution >= 4 is 11.7 Å². The lowest BCUT2D eigenvalue weighted by Crippen LogP contribution is -2.30. The Kier molecular flexibility index (Phi) is 5.01. The highest BCUT2D eigenvalue weighted by Gasteiger charge is 2.34. The van der Waals surface area contributed by atoms with Gasteiger partial charge in [-0.15, -0.1) is 0 Å². The molecule has 7 nitrogen and oxygen atoms in total. The van der Waals surface area contributed by atoms with Gasteiger partial charge in [0.05, 0.1) is 30.5 Å². The molecule has 7 heteroatoms. The minimum absolute atomic E-state index is 0.0360. The van der Waals surface area contributed by atoms with Gasteiger partial charge >= 0.3 is 0 Å². The molecule has 0 fully saturated rings. The van der Waals surface area contributed by atoms with Gasteiger partial charge in [-0.1, -0.05) is 50.2 Å². The van der Waals surface area contributed by atoms with Crippen LogP contribution in [0.25, 0.3) is 17.1 Å².